The molecule has 0 atom stereocenters. The van der Waals surface area contributed by atoms with Crippen LogP contribution in [0.4, 0.5) is 13.2 Å². The third kappa shape index (κ3) is 2.60. The monoisotopic (exact) mass is 270 g/mol. The molecule has 1 heterocycles. The molecule has 0 spiro atoms. The van der Waals surface area contributed by atoms with Crippen molar-refractivity contribution in [1.29, 1.82) is 0 Å². The van der Waals surface area contributed by atoms with Crippen LogP contribution in [0.15, 0.2) is 12.5 Å². The van der Waals surface area contributed by atoms with E-state index in [9.17, 15) is 21.6 Å². The molecule has 0 aromatic carbocycles. The van der Waals surface area contributed by atoms with Crippen molar-refractivity contribution in [2.24, 2.45) is 0 Å². The Bertz CT molecular complexity index is 504. The zero-order valence-corrected chi connectivity index (χ0v) is 9.33. The topological polar surface area (TPSA) is 61.2 Å². The van der Waals surface area contributed by atoms with Gasteiger partial charge in [0, 0.05) is 6.04 Å². The maximum Gasteiger partial charge on any atom is 0.523 e. The molecule has 5 nitrogen and oxygen atoms in total. The predicted molar refractivity (Wildman–Crippen MR) is 50.3 cm³/mol. The summed E-state index contributed by atoms with van der Waals surface area (Å²) < 4.78 is 62.9. The second kappa shape index (κ2) is 3.98. The predicted octanol–water partition coefficient (Wildman–Crippen LogP) is 1.58. The fourth-order valence-electron chi connectivity index (χ4n) is 1.33. The summed E-state index contributed by atoms with van der Waals surface area (Å²) >= 11 is 0. The molecule has 1 aromatic heterocycles. The third-order valence-electron chi connectivity index (χ3n) is 2.33. The van der Waals surface area contributed by atoms with E-state index in [1.54, 1.807) is 4.57 Å². The fourth-order valence-corrected chi connectivity index (χ4v) is 1.74. The van der Waals surface area contributed by atoms with Crippen LogP contribution in [0, 0.1) is 0 Å². The molecule has 1 aliphatic rings. The highest BCUT2D eigenvalue weighted by Crippen LogP contribution is 2.36. The molecule has 0 bridgehead atoms. The summed E-state index contributed by atoms with van der Waals surface area (Å²) in [5.41, 5.74) is -5.07. The molecular weight excluding hydrogens is 261 g/mol. The Morgan fingerprint density at radius 2 is 2.12 bits per heavy atom. The van der Waals surface area contributed by atoms with Crippen molar-refractivity contribution in [2.75, 3.05) is 0 Å². The lowest BCUT2D eigenvalue weighted by molar-refractivity contribution is -0.0549. The highest BCUT2D eigenvalue weighted by molar-refractivity contribution is 7.87. The lowest BCUT2D eigenvalue weighted by Gasteiger charge is -2.09. The van der Waals surface area contributed by atoms with E-state index in [1.165, 1.54) is 12.5 Å². The summed E-state index contributed by atoms with van der Waals surface area (Å²) in [6.45, 7) is -0.654. The largest absolute Gasteiger partial charge is 0.523 e. The van der Waals surface area contributed by atoms with Gasteiger partial charge in [0.25, 0.3) is 0 Å². The number of alkyl halides is 3. The molecule has 1 fully saturated rings. The first-order valence-electron chi connectivity index (χ1n) is 4.77. The minimum Gasteiger partial charge on any atom is -0.329 e. The molecule has 0 radical (unpaired) electrons. The van der Waals surface area contributed by atoms with Crippen molar-refractivity contribution in [3.8, 4) is 0 Å². The van der Waals surface area contributed by atoms with E-state index >= 15 is 0 Å². The molecule has 0 N–H and O–H groups in total. The first-order valence-corrected chi connectivity index (χ1v) is 6.18. The van der Waals surface area contributed by atoms with E-state index in [4.69, 9.17) is 0 Å². The Labute approximate surface area is 95.3 Å². The van der Waals surface area contributed by atoms with Gasteiger partial charge in [-0.05, 0) is 12.8 Å². The molecule has 0 saturated heterocycles. The Hall–Kier alpha value is -1.09. The average Bonchev–Trinajstić information content (AvgIpc) is 2.93. The van der Waals surface area contributed by atoms with Gasteiger partial charge in [0.2, 0.25) is 0 Å². The number of halogens is 3. The summed E-state index contributed by atoms with van der Waals surface area (Å²) in [5, 5.41) is 0. The molecule has 0 amide bonds. The highest BCUT2D eigenvalue weighted by atomic mass is 32.2. The lowest BCUT2D eigenvalue weighted by atomic mass is 10.5. The van der Waals surface area contributed by atoms with Gasteiger partial charge in [0.15, 0.2) is 0 Å². The average molecular weight is 270 g/mol. The van der Waals surface area contributed by atoms with Crippen LogP contribution in [-0.4, -0.2) is 23.5 Å². The van der Waals surface area contributed by atoms with Gasteiger partial charge >= 0.3 is 15.6 Å². The van der Waals surface area contributed by atoms with Crippen molar-refractivity contribution in [3.05, 3.63) is 18.2 Å². The van der Waals surface area contributed by atoms with Crippen LogP contribution in [0.25, 0.3) is 0 Å². The van der Waals surface area contributed by atoms with Crippen LogP contribution in [0.1, 0.15) is 24.6 Å². The molecule has 1 aliphatic carbocycles. The summed E-state index contributed by atoms with van der Waals surface area (Å²) in [5.74, 6) is 0. The van der Waals surface area contributed by atoms with Crippen molar-refractivity contribution < 1.29 is 25.8 Å². The van der Waals surface area contributed by atoms with Crippen LogP contribution >= 0.6 is 0 Å². The Morgan fingerprint density at radius 3 is 2.65 bits per heavy atom. The van der Waals surface area contributed by atoms with Crippen molar-refractivity contribution in [3.63, 3.8) is 0 Å². The quantitative estimate of drug-likeness (QED) is 0.615. The number of nitrogens with zero attached hydrogens (tertiary/aromatic N) is 2. The molecule has 17 heavy (non-hydrogen) atoms. The number of imidazole rings is 1. The minimum atomic E-state index is -5.54. The standard InChI is InChI=1S/C8H9F3N2O3S/c9-8(10,11)17(14,15)16-4-7-3-12-5-13(7)6-1-2-6/h3,5-6H,1-2,4H2. The number of aromatic nitrogens is 2. The highest BCUT2D eigenvalue weighted by Gasteiger charge is 2.47. The molecule has 1 aromatic rings. The normalized spacial score (nSPS) is 17.4. The minimum absolute atomic E-state index is 0.199. The van der Waals surface area contributed by atoms with Crippen LogP contribution < -0.4 is 0 Å². The zero-order valence-electron chi connectivity index (χ0n) is 8.51. The summed E-state index contributed by atoms with van der Waals surface area (Å²) in [6.07, 6.45) is 4.57. The van der Waals surface area contributed by atoms with Crippen molar-refractivity contribution >= 4 is 10.1 Å². The Balaban J connectivity index is 2.05. The summed E-state index contributed by atoms with van der Waals surface area (Å²) in [4.78, 5) is 3.75. The third-order valence-corrected chi connectivity index (χ3v) is 3.33. The van der Waals surface area contributed by atoms with Gasteiger partial charge in [-0.15, -0.1) is 0 Å². The first kappa shape index (κ1) is 12.4. The second-order valence-corrected chi connectivity index (χ2v) is 5.29. The van der Waals surface area contributed by atoms with Gasteiger partial charge in [0.1, 0.15) is 6.61 Å². The van der Waals surface area contributed by atoms with Gasteiger partial charge in [-0.2, -0.15) is 21.6 Å². The van der Waals surface area contributed by atoms with Crippen molar-refractivity contribution in [2.45, 2.75) is 31.0 Å². The maximum absolute atomic E-state index is 12.0. The Kier molecular flexibility index (Phi) is 2.90. The Morgan fingerprint density at radius 1 is 1.47 bits per heavy atom. The lowest BCUT2D eigenvalue weighted by Crippen LogP contribution is -2.25. The van der Waals surface area contributed by atoms with Gasteiger partial charge in [-0.1, -0.05) is 0 Å². The van der Waals surface area contributed by atoms with Crippen LogP contribution in [0.2, 0.25) is 0 Å². The van der Waals surface area contributed by atoms with E-state index in [0.29, 0.717) is 5.69 Å². The van der Waals surface area contributed by atoms with Crippen LogP contribution in [0.3, 0.4) is 0 Å². The van der Waals surface area contributed by atoms with E-state index in [0.717, 1.165) is 12.8 Å². The number of hydrogen-bond acceptors (Lipinski definition) is 4. The molecule has 96 valence electrons. The van der Waals surface area contributed by atoms with E-state index < -0.39 is 22.2 Å². The van der Waals surface area contributed by atoms with Gasteiger partial charge in [0.05, 0.1) is 18.2 Å². The molecule has 0 unspecified atom stereocenters. The summed E-state index contributed by atoms with van der Waals surface area (Å²) in [6, 6.07) is 0.199. The van der Waals surface area contributed by atoms with Crippen molar-refractivity contribution in [1.82, 2.24) is 9.55 Å². The molecule has 1 saturated carbocycles. The van der Waals surface area contributed by atoms with Crippen LogP contribution in [0.5, 0.6) is 0 Å². The first-order chi connectivity index (χ1) is 7.81. The number of rotatable bonds is 4. The van der Waals surface area contributed by atoms with E-state index in [1.807, 2.05) is 0 Å². The molecule has 0 aliphatic heterocycles. The smallest absolute Gasteiger partial charge is 0.329 e. The molecular formula is C8H9F3N2O3S. The van der Waals surface area contributed by atoms with E-state index in [2.05, 4.69) is 9.17 Å². The van der Waals surface area contributed by atoms with Gasteiger partial charge in [-0.3, -0.25) is 4.18 Å². The van der Waals surface area contributed by atoms with Gasteiger partial charge in [-0.25, -0.2) is 4.98 Å². The summed E-state index contributed by atoms with van der Waals surface area (Å²) in [7, 11) is -5.54. The fraction of sp³-hybridized carbons (Fsp3) is 0.625. The SMILES string of the molecule is O=S(=O)(OCc1cncn1C1CC1)C(F)(F)F. The van der Waals surface area contributed by atoms with Gasteiger partial charge < -0.3 is 4.57 Å². The number of hydrogen-bond donors (Lipinski definition) is 0. The maximum atomic E-state index is 12.0. The van der Waals surface area contributed by atoms with E-state index in [-0.39, 0.29) is 6.04 Å². The van der Waals surface area contributed by atoms with Crippen LogP contribution in [-0.2, 0) is 20.9 Å². The zero-order chi connectivity index (χ0) is 12.7. The molecule has 2 rings (SSSR count). The second-order valence-electron chi connectivity index (χ2n) is 3.69. The molecule has 9 heteroatoms.